The maximum atomic E-state index is 12.7. The van der Waals surface area contributed by atoms with E-state index < -0.39 is 10.0 Å². The molecule has 0 atom stereocenters. The van der Waals surface area contributed by atoms with Crippen molar-refractivity contribution in [2.45, 2.75) is 38.2 Å². The Morgan fingerprint density at radius 1 is 1.06 bits per heavy atom. The standard InChI is InChI=1S/C24H32N2O3S2/c1-19-7-9-21(10-8-19)18-31(28,29)26-14-11-22(12-15-26)24(27)25-13-16-30-17-23-6-4-3-5-20(23)2/h3-10,22H,11-18H2,1-2H3,(H,25,27). The molecule has 0 aliphatic carbocycles. The zero-order valence-electron chi connectivity index (χ0n) is 18.3. The lowest BCUT2D eigenvalue weighted by Gasteiger charge is -2.30. The first-order valence-electron chi connectivity index (χ1n) is 10.8. The minimum atomic E-state index is -3.35. The lowest BCUT2D eigenvalue weighted by Crippen LogP contribution is -2.43. The third kappa shape index (κ3) is 7.09. The van der Waals surface area contributed by atoms with E-state index in [1.807, 2.05) is 49.0 Å². The van der Waals surface area contributed by atoms with Gasteiger partial charge in [0.1, 0.15) is 0 Å². The van der Waals surface area contributed by atoms with Crippen LogP contribution in [0.5, 0.6) is 0 Å². The van der Waals surface area contributed by atoms with Gasteiger partial charge in [-0.15, -0.1) is 0 Å². The fourth-order valence-electron chi connectivity index (χ4n) is 3.73. The summed E-state index contributed by atoms with van der Waals surface area (Å²) in [5.41, 5.74) is 4.54. The number of thioether (sulfide) groups is 1. The van der Waals surface area contributed by atoms with Gasteiger partial charge < -0.3 is 5.32 Å². The second-order valence-electron chi connectivity index (χ2n) is 8.19. The number of nitrogens with zero attached hydrogens (tertiary/aromatic N) is 1. The van der Waals surface area contributed by atoms with Crippen LogP contribution in [0.2, 0.25) is 0 Å². The Kier molecular flexibility index (Phi) is 8.58. The summed E-state index contributed by atoms with van der Waals surface area (Å²) in [6, 6.07) is 15.9. The molecule has 5 nitrogen and oxygen atoms in total. The summed E-state index contributed by atoms with van der Waals surface area (Å²) < 4.78 is 27.0. The average Bonchev–Trinajstić information content (AvgIpc) is 2.76. The van der Waals surface area contributed by atoms with Gasteiger partial charge in [-0.1, -0.05) is 54.1 Å². The van der Waals surface area contributed by atoms with Crippen molar-refractivity contribution in [3.63, 3.8) is 0 Å². The van der Waals surface area contributed by atoms with Crippen molar-refractivity contribution in [3.8, 4) is 0 Å². The van der Waals surface area contributed by atoms with Crippen molar-refractivity contribution in [3.05, 3.63) is 70.8 Å². The van der Waals surface area contributed by atoms with Gasteiger partial charge in [0.15, 0.2) is 0 Å². The van der Waals surface area contributed by atoms with Crippen molar-refractivity contribution in [2.75, 3.05) is 25.4 Å². The molecule has 0 saturated carbocycles. The predicted molar refractivity (Wildman–Crippen MR) is 128 cm³/mol. The molecule has 1 aliphatic heterocycles. The van der Waals surface area contributed by atoms with Gasteiger partial charge in [-0.25, -0.2) is 12.7 Å². The second kappa shape index (κ2) is 11.2. The molecule has 1 N–H and O–H groups in total. The third-order valence-corrected chi connectivity index (χ3v) is 8.61. The van der Waals surface area contributed by atoms with Gasteiger partial charge >= 0.3 is 0 Å². The Labute approximate surface area is 190 Å². The molecule has 0 unspecified atom stereocenters. The van der Waals surface area contributed by atoms with Crippen LogP contribution in [0.3, 0.4) is 0 Å². The van der Waals surface area contributed by atoms with E-state index in [1.54, 1.807) is 0 Å². The van der Waals surface area contributed by atoms with Crippen LogP contribution in [0, 0.1) is 19.8 Å². The van der Waals surface area contributed by atoms with Gasteiger partial charge in [-0.2, -0.15) is 11.8 Å². The Hall–Kier alpha value is -1.83. The highest BCUT2D eigenvalue weighted by Gasteiger charge is 2.31. The Morgan fingerprint density at radius 2 is 1.74 bits per heavy atom. The fraction of sp³-hybridized carbons (Fsp3) is 0.458. The van der Waals surface area contributed by atoms with E-state index in [0.717, 1.165) is 22.6 Å². The summed E-state index contributed by atoms with van der Waals surface area (Å²) in [7, 11) is -3.35. The smallest absolute Gasteiger partial charge is 0.223 e. The number of sulfonamides is 1. The van der Waals surface area contributed by atoms with E-state index in [1.165, 1.54) is 15.4 Å². The van der Waals surface area contributed by atoms with Crippen molar-refractivity contribution in [1.29, 1.82) is 0 Å². The molecule has 3 rings (SSSR count). The van der Waals surface area contributed by atoms with E-state index in [0.29, 0.717) is 32.5 Å². The quantitative estimate of drug-likeness (QED) is 0.577. The zero-order valence-corrected chi connectivity index (χ0v) is 20.0. The third-order valence-electron chi connectivity index (χ3n) is 5.75. The first kappa shape index (κ1) is 23.8. The van der Waals surface area contributed by atoms with Crippen molar-refractivity contribution in [1.82, 2.24) is 9.62 Å². The van der Waals surface area contributed by atoms with Crippen LogP contribution >= 0.6 is 11.8 Å². The molecule has 168 valence electrons. The number of piperidine rings is 1. The molecule has 2 aromatic rings. The normalized spacial score (nSPS) is 15.7. The molecular formula is C24H32N2O3S2. The summed E-state index contributed by atoms with van der Waals surface area (Å²) in [5, 5.41) is 3.02. The fourth-order valence-corrected chi connectivity index (χ4v) is 6.23. The summed E-state index contributed by atoms with van der Waals surface area (Å²) in [5.74, 6) is 1.77. The van der Waals surface area contributed by atoms with Crippen LogP contribution in [0.4, 0.5) is 0 Å². The minimum absolute atomic E-state index is 0.0161. The van der Waals surface area contributed by atoms with Crippen LogP contribution < -0.4 is 5.32 Å². The number of carbonyl (C=O) groups is 1. The van der Waals surface area contributed by atoms with Crippen LogP contribution in [0.1, 0.15) is 35.1 Å². The summed E-state index contributed by atoms with van der Waals surface area (Å²) in [6.07, 6.45) is 1.16. The Morgan fingerprint density at radius 3 is 2.42 bits per heavy atom. The largest absolute Gasteiger partial charge is 0.355 e. The number of hydrogen-bond donors (Lipinski definition) is 1. The Bertz CT molecular complexity index is 967. The monoisotopic (exact) mass is 460 g/mol. The van der Waals surface area contributed by atoms with Gasteiger partial charge in [0.25, 0.3) is 0 Å². The SMILES string of the molecule is Cc1ccc(CS(=O)(=O)N2CCC(C(=O)NCCSCc3ccccc3C)CC2)cc1. The zero-order chi connectivity index (χ0) is 22.3. The molecular weight excluding hydrogens is 428 g/mol. The number of amides is 1. The van der Waals surface area contributed by atoms with Gasteiger partial charge in [-0.3, -0.25) is 4.79 Å². The maximum absolute atomic E-state index is 12.7. The van der Waals surface area contributed by atoms with E-state index >= 15 is 0 Å². The van der Waals surface area contributed by atoms with Crippen molar-refractivity contribution >= 4 is 27.7 Å². The van der Waals surface area contributed by atoms with Gasteiger partial charge in [-0.05, 0) is 43.4 Å². The van der Waals surface area contributed by atoms with Crippen LogP contribution in [-0.2, 0) is 26.3 Å². The first-order valence-corrected chi connectivity index (χ1v) is 13.5. The molecule has 2 aromatic carbocycles. The van der Waals surface area contributed by atoms with Crippen molar-refractivity contribution < 1.29 is 13.2 Å². The summed E-state index contributed by atoms with van der Waals surface area (Å²) in [4.78, 5) is 12.5. The molecule has 0 spiro atoms. The number of nitrogens with one attached hydrogen (secondary N) is 1. The average molecular weight is 461 g/mol. The molecule has 1 fully saturated rings. The lowest BCUT2D eigenvalue weighted by atomic mass is 9.97. The number of aryl methyl sites for hydroxylation is 2. The maximum Gasteiger partial charge on any atom is 0.223 e. The molecule has 7 heteroatoms. The molecule has 1 aliphatic rings. The minimum Gasteiger partial charge on any atom is -0.355 e. The topological polar surface area (TPSA) is 66.5 Å². The van der Waals surface area contributed by atoms with E-state index in [-0.39, 0.29) is 17.6 Å². The lowest BCUT2D eigenvalue weighted by molar-refractivity contribution is -0.125. The molecule has 1 amide bonds. The van der Waals surface area contributed by atoms with Gasteiger partial charge in [0.2, 0.25) is 15.9 Å². The second-order valence-corrected chi connectivity index (χ2v) is 11.3. The van der Waals surface area contributed by atoms with Crippen LogP contribution in [0.25, 0.3) is 0 Å². The number of hydrogen-bond acceptors (Lipinski definition) is 4. The molecule has 1 heterocycles. The molecule has 0 radical (unpaired) electrons. The van der Waals surface area contributed by atoms with Gasteiger partial charge in [0.05, 0.1) is 5.75 Å². The van der Waals surface area contributed by atoms with Gasteiger partial charge in [0, 0.05) is 37.1 Å². The van der Waals surface area contributed by atoms with Crippen molar-refractivity contribution in [2.24, 2.45) is 5.92 Å². The number of benzene rings is 2. The highest BCUT2D eigenvalue weighted by Crippen LogP contribution is 2.22. The summed E-state index contributed by atoms with van der Waals surface area (Å²) in [6.45, 7) is 5.56. The van der Waals surface area contributed by atoms with E-state index in [9.17, 15) is 13.2 Å². The Balaban J connectivity index is 1.37. The molecule has 1 saturated heterocycles. The first-order chi connectivity index (χ1) is 14.8. The van der Waals surface area contributed by atoms with E-state index in [4.69, 9.17) is 0 Å². The van der Waals surface area contributed by atoms with E-state index in [2.05, 4.69) is 30.4 Å². The number of carbonyl (C=O) groups excluding carboxylic acids is 1. The van der Waals surface area contributed by atoms with Crippen LogP contribution in [-0.4, -0.2) is 44.0 Å². The number of rotatable bonds is 9. The predicted octanol–water partition coefficient (Wildman–Crippen LogP) is 3.89. The molecule has 31 heavy (non-hydrogen) atoms. The molecule has 0 aromatic heterocycles. The van der Waals surface area contributed by atoms with Crippen LogP contribution in [0.15, 0.2) is 48.5 Å². The molecule has 0 bridgehead atoms. The summed E-state index contributed by atoms with van der Waals surface area (Å²) >= 11 is 1.81. The highest BCUT2D eigenvalue weighted by molar-refractivity contribution is 7.98. The highest BCUT2D eigenvalue weighted by atomic mass is 32.2.